The summed E-state index contributed by atoms with van der Waals surface area (Å²) in [5.74, 6) is -2.21. The van der Waals surface area contributed by atoms with Crippen LogP contribution in [0, 0.1) is 12.3 Å². The molecule has 6 heterocycles. The smallest absolute Gasteiger partial charge is 0.279 e. The molecule has 0 bridgehead atoms. The third-order valence-electron chi connectivity index (χ3n) is 13.2. The molecule has 0 saturated carbocycles. The molecule has 1 saturated heterocycles. The SMILES string of the molecule is COc1ncc(C(=O)NCCC(=O)N[C@H](C(=O)N2C[C@H](O)C[C@H]2C(=O)N[C@@H](C)c2ccc(-c3scnc3C)cc2)C(C)(C)C)cc1-c1nc2c(n1C(C)C)[C@H](c1ccc(Cl)cc1)N(c1cc(Cl)cn(C)c1=O)C2=O. The van der Waals surface area contributed by atoms with Crippen molar-refractivity contribution >= 4 is 69.8 Å². The Morgan fingerprint density at radius 1 is 0.959 bits per heavy atom. The maximum absolute atomic E-state index is 14.6. The molecule has 21 heteroatoms. The van der Waals surface area contributed by atoms with E-state index in [-0.39, 0.29) is 65.6 Å². The molecule has 2 aliphatic rings. The molecule has 2 aromatic carbocycles. The number of nitrogens with zero attached hydrogens (tertiary/aromatic N) is 7. The number of pyridine rings is 2. The highest BCUT2D eigenvalue weighted by molar-refractivity contribution is 7.13. The van der Waals surface area contributed by atoms with Crippen LogP contribution in [0.2, 0.25) is 10.0 Å². The fourth-order valence-electron chi connectivity index (χ4n) is 9.50. The predicted octanol–water partition coefficient (Wildman–Crippen LogP) is 7.21. The number of β-amino-alcohol motifs (C(OH)–C–C–N with tert-alkyl or cyclic N) is 1. The number of amides is 5. The van der Waals surface area contributed by atoms with Gasteiger partial charge in [0.15, 0.2) is 5.69 Å². The van der Waals surface area contributed by atoms with Gasteiger partial charge < -0.3 is 39.8 Å². The normalized spacial score (nSPS) is 17.3. The van der Waals surface area contributed by atoms with Gasteiger partial charge in [0.05, 0.1) is 57.2 Å². The molecule has 388 valence electrons. The first-order valence-electron chi connectivity index (χ1n) is 24.1. The summed E-state index contributed by atoms with van der Waals surface area (Å²) in [7, 11) is 2.97. The standard InChI is InChI=1S/C53H58Cl2N10O8S/c1-27(2)64-43-41(51(71)65(39-21-35(55)24-62(8)50(39)70)42(43)31-14-16-34(54)17-15-31)61-46(64)37-20-33(23-57-49(37)73-9)47(68)56-19-18-40(67)60-45(53(5,6)7)52(72)63-25-36(66)22-38(63)48(69)59-28(3)30-10-12-32(13-11-30)44-29(4)58-26-74-44/h10-17,20-21,23-24,26-28,36,38,42,45,66H,18-19,22,25H2,1-9H3,(H,56,68)(H,59,69)(H,60,67)/t28-,36+,38-,42-,45+/m0/s1. The minimum atomic E-state index is -1.08. The quantitative estimate of drug-likeness (QED) is 0.0804. The van der Waals surface area contributed by atoms with Crippen LogP contribution in [-0.2, 0) is 21.4 Å². The van der Waals surface area contributed by atoms with Crippen LogP contribution in [0.25, 0.3) is 21.8 Å². The molecule has 0 unspecified atom stereocenters. The lowest BCUT2D eigenvalue weighted by atomic mass is 9.85. The maximum atomic E-state index is 14.6. The minimum Gasteiger partial charge on any atom is -0.480 e. The van der Waals surface area contributed by atoms with E-state index in [0.29, 0.717) is 21.8 Å². The number of carbonyl (C=O) groups excluding carboxylic acids is 5. The summed E-state index contributed by atoms with van der Waals surface area (Å²) >= 11 is 14.3. The van der Waals surface area contributed by atoms with Gasteiger partial charge in [-0.2, -0.15) is 0 Å². The number of aliphatic hydroxyl groups excluding tert-OH is 1. The van der Waals surface area contributed by atoms with Gasteiger partial charge in [-0.3, -0.25) is 33.7 Å². The number of fused-ring (bicyclic) bond motifs is 1. The first-order chi connectivity index (χ1) is 35.1. The zero-order valence-electron chi connectivity index (χ0n) is 42.4. The molecule has 8 rings (SSSR count). The number of hydrogen-bond donors (Lipinski definition) is 4. The van der Waals surface area contributed by atoms with Crippen LogP contribution in [0.4, 0.5) is 5.69 Å². The van der Waals surface area contributed by atoms with E-state index in [1.807, 2.05) is 56.5 Å². The van der Waals surface area contributed by atoms with Crippen LogP contribution in [0.1, 0.15) is 116 Å². The molecule has 74 heavy (non-hydrogen) atoms. The average Bonchev–Trinajstić information content (AvgIpc) is 4.14. The molecule has 1 fully saturated rings. The van der Waals surface area contributed by atoms with Gasteiger partial charge in [-0.1, -0.05) is 80.4 Å². The Labute approximate surface area is 442 Å². The van der Waals surface area contributed by atoms with Gasteiger partial charge in [0.1, 0.15) is 29.6 Å². The summed E-state index contributed by atoms with van der Waals surface area (Å²) in [5, 5.41) is 20.1. The van der Waals surface area contributed by atoms with Crippen LogP contribution < -0.4 is 31.1 Å². The largest absolute Gasteiger partial charge is 0.480 e. The van der Waals surface area contributed by atoms with Crippen molar-refractivity contribution in [3.05, 3.63) is 133 Å². The third-order valence-corrected chi connectivity index (χ3v) is 14.7. The van der Waals surface area contributed by atoms with E-state index in [4.69, 9.17) is 32.9 Å². The number of aryl methyl sites for hydroxylation is 2. The van der Waals surface area contributed by atoms with Crippen LogP contribution in [0.3, 0.4) is 0 Å². The number of benzene rings is 2. The van der Waals surface area contributed by atoms with Gasteiger partial charge in [-0.05, 0) is 74.1 Å². The van der Waals surface area contributed by atoms with Gasteiger partial charge in [0.25, 0.3) is 17.4 Å². The van der Waals surface area contributed by atoms with Crippen molar-refractivity contribution in [1.82, 2.24) is 44.9 Å². The third kappa shape index (κ3) is 10.7. The summed E-state index contributed by atoms with van der Waals surface area (Å²) in [5.41, 5.74) is 5.00. The van der Waals surface area contributed by atoms with E-state index >= 15 is 0 Å². The van der Waals surface area contributed by atoms with Crippen molar-refractivity contribution in [3.63, 3.8) is 0 Å². The van der Waals surface area contributed by atoms with E-state index in [9.17, 15) is 33.9 Å². The molecule has 6 aromatic rings. The van der Waals surface area contributed by atoms with Crippen LogP contribution >= 0.6 is 34.5 Å². The van der Waals surface area contributed by atoms with E-state index in [2.05, 4.69) is 25.9 Å². The minimum absolute atomic E-state index is 0.0291. The molecular formula is C53H58Cl2N10O8S. The number of halogens is 2. The number of hydrogen-bond acceptors (Lipinski definition) is 12. The lowest BCUT2D eigenvalue weighted by Crippen LogP contribution is -2.58. The van der Waals surface area contributed by atoms with Crippen molar-refractivity contribution in [1.29, 1.82) is 0 Å². The van der Waals surface area contributed by atoms with Crippen LogP contribution in [0.15, 0.2) is 83.4 Å². The number of carbonyl (C=O) groups is 5. The molecule has 0 aliphatic carbocycles. The fourth-order valence-corrected chi connectivity index (χ4v) is 10.7. The highest BCUT2D eigenvalue weighted by atomic mass is 35.5. The maximum Gasteiger partial charge on any atom is 0.279 e. The summed E-state index contributed by atoms with van der Waals surface area (Å²) in [6, 6.07) is 14.1. The number of anilines is 1. The molecule has 2 aliphatic heterocycles. The molecule has 0 radical (unpaired) electrons. The van der Waals surface area contributed by atoms with Gasteiger partial charge in [0.2, 0.25) is 23.6 Å². The van der Waals surface area contributed by atoms with Crippen molar-refractivity contribution in [3.8, 4) is 27.7 Å². The molecule has 5 amide bonds. The van der Waals surface area contributed by atoms with Gasteiger partial charge >= 0.3 is 0 Å². The Kier molecular flexibility index (Phi) is 15.5. The molecule has 5 atom stereocenters. The summed E-state index contributed by atoms with van der Waals surface area (Å²) < 4.78 is 8.83. The lowest BCUT2D eigenvalue weighted by Gasteiger charge is -2.35. The number of aromatic nitrogens is 5. The number of ether oxygens (including phenoxy) is 1. The summed E-state index contributed by atoms with van der Waals surface area (Å²) in [6.45, 7) is 12.8. The van der Waals surface area contributed by atoms with E-state index in [0.717, 1.165) is 21.7 Å². The first kappa shape index (κ1) is 53.4. The number of imidazole rings is 1. The average molecular weight is 1070 g/mol. The Hall–Kier alpha value is -6.93. The number of methoxy groups -OCH3 is 1. The highest BCUT2D eigenvalue weighted by Crippen LogP contribution is 2.45. The molecule has 4 N–H and O–H groups in total. The van der Waals surface area contributed by atoms with E-state index < -0.39 is 70.8 Å². The van der Waals surface area contributed by atoms with Gasteiger partial charge in [-0.15, -0.1) is 11.3 Å². The first-order valence-corrected chi connectivity index (χ1v) is 25.7. The molecular weight excluding hydrogens is 1010 g/mol. The molecule has 4 aromatic heterocycles. The van der Waals surface area contributed by atoms with Crippen LogP contribution in [-0.4, -0.2) is 102 Å². The number of rotatable bonds is 15. The Morgan fingerprint density at radius 2 is 1.66 bits per heavy atom. The second kappa shape index (κ2) is 21.5. The Balaban J connectivity index is 0.966. The molecule has 0 spiro atoms. The van der Waals surface area contributed by atoms with E-state index in [1.165, 1.54) is 46.0 Å². The summed E-state index contributed by atoms with van der Waals surface area (Å²) in [4.78, 5) is 101. The number of nitrogens with one attached hydrogen (secondary N) is 3. The zero-order chi connectivity index (χ0) is 53.5. The van der Waals surface area contributed by atoms with E-state index in [1.54, 1.807) is 68.9 Å². The highest BCUT2D eigenvalue weighted by Gasteiger charge is 2.47. The number of thiazole rings is 1. The van der Waals surface area contributed by atoms with Crippen molar-refractivity contribution < 1.29 is 33.8 Å². The topological polar surface area (TPSA) is 223 Å². The monoisotopic (exact) mass is 1060 g/mol. The number of aliphatic hydroxyl groups is 1. The number of likely N-dealkylation sites (tertiary alicyclic amines) is 1. The fraction of sp³-hybridized carbons (Fsp3) is 0.377. The van der Waals surface area contributed by atoms with Gasteiger partial charge in [-0.25, -0.2) is 15.0 Å². The Bertz CT molecular complexity index is 3200. The van der Waals surface area contributed by atoms with Crippen molar-refractivity contribution in [2.45, 2.75) is 97.6 Å². The zero-order valence-corrected chi connectivity index (χ0v) is 44.7. The van der Waals surface area contributed by atoms with Crippen molar-refractivity contribution in [2.75, 3.05) is 25.1 Å². The Morgan fingerprint density at radius 3 is 2.30 bits per heavy atom. The second-order valence-electron chi connectivity index (χ2n) is 19.9. The van der Waals surface area contributed by atoms with Crippen molar-refractivity contribution in [2.24, 2.45) is 12.5 Å². The lowest BCUT2D eigenvalue weighted by molar-refractivity contribution is -0.144. The molecule has 18 nitrogen and oxygen atoms in total. The van der Waals surface area contributed by atoms with Crippen LogP contribution in [0.5, 0.6) is 5.88 Å². The summed E-state index contributed by atoms with van der Waals surface area (Å²) in [6.07, 6.45) is 1.65. The predicted molar refractivity (Wildman–Crippen MR) is 282 cm³/mol. The second-order valence-corrected chi connectivity index (χ2v) is 21.6. The van der Waals surface area contributed by atoms with Gasteiger partial charge in [0, 0.05) is 56.4 Å².